The Morgan fingerprint density at radius 1 is 1.35 bits per heavy atom. The monoisotopic (exact) mass is 339 g/mol. The fourth-order valence-electron chi connectivity index (χ4n) is 1.95. The highest BCUT2D eigenvalue weighted by Crippen LogP contribution is 2.17. The van der Waals surface area contributed by atoms with Crippen molar-refractivity contribution in [3.05, 3.63) is 28.7 Å². The average molecular weight is 339 g/mol. The van der Waals surface area contributed by atoms with Gasteiger partial charge in [-0.25, -0.2) is 9.59 Å². The largest absolute Gasteiger partial charge is 0.419 e. The van der Waals surface area contributed by atoms with Crippen LogP contribution in [0.2, 0.25) is 0 Å². The van der Waals surface area contributed by atoms with E-state index < -0.39 is 22.6 Å². The van der Waals surface area contributed by atoms with Crippen molar-refractivity contribution in [1.82, 2.24) is 9.88 Å². The molecule has 1 atom stereocenters. The van der Waals surface area contributed by atoms with Crippen LogP contribution in [0.1, 0.15) is 20.8 Å². The highest BCUT2D eigenvalue weighted by molar-refractivity contribution is 7.86. The third kappa shape index (κ3) is 4.22. The topological polar surface area (TPSA) is 93.3 Å². The van der Waals surface area contributed by atoms with E-state index in [2.05, 4.69) is 10.6 Å². The first-order chi connectivity index (χ1) is 10.7. The van der Waals surface area contributed by atoms with Gasteiger partial charge in [-0.15, -0.1) is 0 Å². The van der Waals surface area contributed by atoms with Crippen LogP contribution < -0.4 is 16.4 Å². The van der Waals surface area contributed by atoms with Crippen molar-refractivity contribution in [3.63, 3.8) is 0 Å². The van der Waals surface area contributed by atoms with Gasteiger partial charge in [0.15, 0.2) is 5.58 Å². The molecule has 2 rings (SSSR count). The molecule has 8 heteroatoms. The van der Waals surface area contributed by atoms with Gasteiger partial charge in [0.25, 0.3) is 0 Å². The number of hydrogen-bond donors (Lipinski definition) is 2. The molecule has 126 valence electrons. The zero-order valence-electron chi connectivity index (χ0n) is 13.6. The third-order valence-electron chi connectivity index (χ3n) is 3.31. The number of carbonyl (C=O) groups is 1. The molecule has 7 nitrogen and oxygen atoms in total. The number of hydrogen-bond acceptors (Lipinski definition) is 4. The van der Waals surface area contributed by atoms with E-state index in [9.17, 15) is 13.8 Å². The summed E-state index contributed by atoms with van der Waals surface area (Å²) < 4.78 is 18.0. The lowest BCUT2D eigenvalue weighted by molar-refractivity contribution is 0.252. The first kappa shape index (κ1) is 17.3. The molecular weight excluding hydrogens is 318 g/mol. The highest BCUT2D eigenvalue weighted by atomic mass is 32.2. The molecule has 0 fully saturated rings. The van der Waals surface area contributed by atoms with Crippen LogP contribution in [-0.2, 0) is 17.8 Å². The molecule has 0 aliphatic carbocycles. The van der Waals surface area contributed by atoms with Crippen molar-refractivity contribution in [1.29, 1.82) is 0 Å². The van der Waals surface area contributed by atoms with E-state index in [0.29, 0.717) is 29.1 Å². The first-order valence-electron chi connectivity index (χ1n) is 7.21. The van der Waals surface area contributed by atoms with E-state index >= 15 is 0 Å². The molecule has 0 radical (unpaired) electrons. The van der Waals surface area contributed by atoms with Gasteiger partial charge in [-0.1, -0.05) is 0 Å². The molecule has 2 aromatic rings. The van der Waals surface area contributed by atoms with Crippen molar-refractivity contribution < 1.29 is 13.4 Å². The number of aromatic nitrogens is 1. The number of urea groups is 1. The van der Waals surface area contributed by atoms with E-state index in [4.69, 9.17) is 4.42 Å². The predicted octanol–water partition coefficient (Wildman–Crippen LogP) is 1.80. The number of rotatable bonds is 4. The second-order valence-corrected chi connectivity index (χ2v) is 8.48. The molecule has 1 aromatic carbocycles. The number of aryl methyl sites for hydroxylation is 1. The number of carbonyl (C=O) groups excluding carboxylic acids is 1. The number of nitrogens with one attached hydrogen (secondary N) is 2. The van der Waals surface area contributed by atoms with E-state index in [0.717, 1.165) is 0 Å². The minimum Gasteiger partial charge on any atom is -0.408 e. The molecule has 0 aliphatic heterocycles. The van der Waals surface area contributed by atoms with Gasteiger partial charge in [0, 0.05) is 46.6 Å². The molecule has 0 aliphatic rings. The molecule has 0 bridgehead atoms. The SMILES string of the molecule is Cn1c(=O)oc2cc(NC(=O)NCCS(=O)C(C)(C)C)ccc21. The average Bonchev–Trinajstić information content (AvgIpc) is 2.72. The molecule has 1 unspecified atom stereocenters. The van der Waals surface area contributed by atoms with Crippen LogP contribution in [0, 0.1) is 0 Å². The fourth-order valence-corrected chi connectivity index (χ4v) is 2.85. The summed E-state index contributed by atoms with van der Waals surface area (Å²) in [5, 5.41) is 5.31. The Bertz CT molecular complexity index is 801. The smallest absolute Gasteiger partial charge is 0.408 e. The summed E-state index contributed by atoms with van der Waals surface area (Å²) in [7, 11) is 0.601. The van der Waals surface area contributed by atoms with Crippen molar-refractivity contribution in [3.8, 4) is 0 Å². The summed E-state index contributed by atoms with van der Waals surface area (Å²) in [5.74, 6) is -0.0602. The molecule has 0 saturated carbocycles. The van der Waals surface area contributed by atoms with E-state index in [1.165, 1.54) is 4.57 Å². The van der Waals surface area contributed by atoms with Gasteiger partial charge in [-0.3, -0.25) is 8.78 Å². The Labute approximate surface area is 136 Å². The second kappa shape index (κ2) is 6.57. The summed E-state index contributed by atoms with van der Waals surface area (Å²) >= 11 is 0. The maximum absolute atomic E-state index is 11.9. The van der Waals surface area contributed by atoms with Crippen LogP contribution >= 0.6 is 0 Å². The first-order valence-corrected chi connectivity index (χ1v) is 8.53. The predicted molar refractivity (Wildman–Crippen MR) is 91.2 cm³/mol. The van der Waals surface area contributed by atoms with Gasteiger partial charge in [-0.2, -0.15) is 0 Å². The molecule has 23 heavy (non-hydrogen) atoms. The Hall–Kier alpha value is -2.09. The maximum atomic E-state index is 11.9. The number of fused-ring (bicyclic) bond motifs is 1. The van der Waals surface area contributed by atoms with Crippen LogP contribution in [0.15, 0.2) is 27.4 Å². The Morgan fingerprint density at radius 3 is 2.70 bits per heavy atom. The number of anilines is 1. The molecule has 1 aromatic heterocycles. The van der Waals surface area contributed by atoms with E-state index in [-0.39, 0.29) is 4.75 Å². The fraction of sp³-hybridized carbons (Fsp3) is 0.467. The summed E-state index contributed by atoms with van der Waals surface area (Å²) in [4.78, 5) is 23.3. The normalized spacial score (nSPS) is 13.0. The van der Waals surface area contributed by atoms with Gasteiger partial charge in [0.05, 0.1) is 5.52 Å². The number of nitrogens with zero attached hydrogens (tertiary/aromatic N) is 1. The lowest BCUT2D eigenvalue weighted by Crippen LogP contribution is -2.35. The summed E-state index contributed by atoms with van der Waals surface area (Å²) in [6, 6.07) is 4.58. The summed E-state index contributed by atoms with van der Waals surface area (Å²) in [5.41, 5.74) is 1.58. The molecule has 2 amide bonds. The second-order valence-electron chi connectivity index (χ2n) is 6.15. The van der Waals surface area contributed by atoms with Gasteiger partial charge < -0.3 is 15.1 Å². The lowest BCUT2D eigenvalue weighted by Gasteiger charge is -2.17. The van der Waals surface area contributed by atoms with Crippen LogP contribution in [0.5, 0.6) is 0 Å². The third-order valence-corrected chi connectivity index (χ3v) is 5.25. The minimum atomic E-state index is -1.01. The van der Waals surface area contributed by atoms with Crippen molar-refractivity contribution >= 4 is 33.6 Å². The zero-order chi connectivity index (χ0) is 17.2. The van der Waals surface area contributed by atoms with Gasteiger partial charge in [0.1, 0.15) is 0 Å². The zero-order valence-corrected chi connectivity index (χ0v) is 14.5. The summed E-state index contributed by atoms with van der Waals surface area (Å²) in [6.45, 7) is 6.00. The number of benzene rings is 1. The van der Waals surface area contributed by atoms with E-state index in [1.807, 2.05) is 20.8 Å². The molecule has 0 saturated heterocycles. The molecule has 2 N–H and O–H groups in total. The Balaban J connectivity index is 1.93. The Kier molecular flexibility index (Phi) is 4.93. The maximum Gasteiger partial charge on any atom is 0.419 e. The molecule has 1 heterocycles. The minimum absolute atomic E-state index is 0.298. The standard InChI is InChI=1S/C15H21N3O4S/c1-15(2,3)23(21)8-7-16-13(19)17-10-5-6-11-12(9-10)22-14(20)18(11)4/h5-6,9H,7-8H2,1-4H3,(H2,16,17,19). The quantitative estimate of drug-likeness (QED) is 0.888. The van der Waals surface area contributed by atoms with Crippen molar-refractivity contribution in [2.24, 2.45) is 7.05 Å². The molecular formula is C15H21N3O4S. The Morgan fingerprint density at radius 2 is 2.04 bits per heavy atom. The van der Waals surface area contributed by atoms with Crippen molar-refractivity contribution in [2.75, 3.05) is 17.6 Å². The van der Waals surface area contributed by atoms with Crippen molar-refractivity contribution in [2.45, 2.75) is 25.5 Å². The lowest BCUT2D eigenvalue weighted by atomic mass is 10.3. The molecule has 0 spiro atoms. The van der Waals surface area contributed by atoms with E-state index in [1.54, 1.807) is 25.2 Å². The number of oxazole rings is 1. The highest BCUT2D eigenvalue weighted by Gasteiger charge is 2.18. The summed E-state index contributed by atoms with van der Waals surface area (Å²) in [6.07, 6.45) is 0. The number of amides is 2. The van der Waals surface area contributed by atoms with Crippen LogP contribution in [0.4, 0.5) is 10.5 Å². The van der Waals surface area contributed by atoms with Gasteiger partial charge >= 0.3 is 11.8 Å². The van der Waals surface area contributed by atoms with Crippen LogP contribution in [-0.4, -0.2) is 31.9 Å². The van der Waals surface area contributed by atoms with Gasteiger partial charge in [-0.05, 0) is 32.9 Å². The van der Waals surface area contributed by atoms with Crippen LogP contribution in [0.3, 0.4) is 0 Å². The van der Waals surface area contributed by atoms with Crippen LogP contribution in [0.25, 0.3) is 11.1 Å². The van der Waals surface area contributed by atoms with Gasteiger partial charge in [0.2, 0.25) is 0 Å².